The average molecular weight is 365 g/mol. The van der Waals surface area contributed by atoms with Crippen molar-refractivity contribution in [2.75, 3.05) is 24.7 Å². The summed E-state index contributed by atoms with van der Waals surface area (Å²) < 4.78 is 30.0. The lowest BCUT2D eigenvalue weighted by atomic mass is 10.1. The zero-order valence-electron chi connectivity index (χ0n) is 14.4. The molecule has 0 fully saturated rings. The fourth-order valence-corrected chi connectivity index (χ4v) is 3.29. The van der Waals surface area contributed by atoms with Crippen LogP contribution < -0.4 is 5.32 Å². The van der Waals surface area contributed by atoms with Gasteiger partial charge in [0.1, 0.15) is 5.76 Å². The van der Waals surface area contributed by atoms with E-state index in [4.69, 9.17) is 4.52 Å². The summed E-state index contributed by atoms with van der Waals surface area (Å²) in [5.41, 5.74) is 1.16. The van der Waals surface area contributed by atoms with Crippen molar-refractivity contribution in [3.05, 3.63) is 47.7 Å². The van der Waals surface area contributed by atoms with Crippen molar-refractivity contribution in [1.82, 2.24) is 9.46 Å². The number of amides is 1. The normalized spacial score (nSPS) is 11.6. The number of nitrogens with zero attached hydrogens (tertiary/aromatic N) is 2. The van der Waals surface area contributed by atoms with Gasteiger partial charge in [-0.3, -0.25) is 4.79 Å². The van der Waals surface area contributed by atoms with Crippen molar-refractivity contribution in [2.45, 2.75) is 26.2 Å². The molecule has 1 heterocycles. The summed E-state index contributed by atoms with van der Waals surface area (Å²) in [6.45, 7) is 2.24. The van der Waals surface area contributed by atoms with E-state index < -0.39 is 10.0 Å². The lowest BCUT2D eigenvalue weighted by molar-refractivity contribution is -0.116. The summed E-state index contributed by atoms with van der Waals surface area (Å²) in [7, 11) is -3.36. The van der Waals surface area contributed by atoms with E-state index >= 15 is 0 Å². The second-order valence-electron chi connectivity index (χ2n) is 5.87. The molecule has 0 radical (unpaired) electrons. The van der Waals surface area contributed by atoms with E-state index in [0.29, 0.717) is 24.5 Å². The van der Waals surface area contributed by atoms with Gasteiger partial charge in [0.05, 0.1) is 6.26 Å². The third kappa shape index (κ3) is 6.67. The molecule has 25 heavy (non-hydrogen) atoms. The molecule has 8 heteroatoms. The van der Waals surface area contributed by atoms with E-state index in [2.05, 4.69) is 10.5 Å². The van der Waals surface area contributed by atoms with Gasteiger partial charge in [0.15, 0.2) is 5.82 Å². The molecular formula is C17H23N3O4S. The number of hydrogen-bond donors (Lipinski definition) is 1. The number of carbonyl (C=O) groups is 1. The van der Waals surface area contributed by atoms with Crippen molar-refractivity contribution in [3.63, 3.8) is 0 Å². The highest BCUT2D eigenvalue weighted by atomic mass is 32.2. The highest BCUT2D eigenvalue weighted by Crippen LogP contribution is 2.09. The van der Waals surface area contributed by atoms with Crippen molar-refractivity contribution in [2.24, 2.45) is 0 Å². The van der Waals surface area contributed by atoms with E-state index in [9.17, 15) is 13.2 Å². The van der Waals surface area contributed by atoms with Gasteiger partial charge in [-0.1, -0.05) is 35.5 Å². The zero-order chi connectivity index (χ0) is 18.3. The second kappa shape index (κ2) is 8.77. The Hall–Kier alpha value is -2.19. The fourth-order valence-electron chi connectivity index (χ4n) is 2.40. The van der Waals surface area contributed by atoms with Crippen LogP contribution in [0.4, 0.5) is 5.82 Å². The first-order chi connectivity index (χ1) is 11.8. The molecule has 2 rings (SSSR count). The molecule has 1 amide bonds. The molecule has 136 valence electrons. The van der Waals surface area contributed by atoms with E-state index in [1.54, 1.807) is 13.0 Å². The van der Waals surface area contributed by atoms with Gasteiger partial charge in [-0.2, -0.15) is 0 Å². The Morgan fingerprint density at radius 1 is 1.24 bits per heavy atom. The first kappa shape index (κ1) is 19.1. The molecule has 0 aliphatic rings. The predicted molar refractivity (Wildman–Crippen MR) is 95.7 cm³/mol. The van der Waals surface area contributed by atoms with Gasteiger partial charge >= 0.3 is 0 Å². The van der Waals surface area contributed by atoms with Gasteiger partial charge in [-0.25, -0.2) is 12.7 Å². The first-order valence-corrected chi connectivity index (χ1v) is 9.91. The molecule has 0 bridgehead atoms. The molecule has 1 aromatic carbocycles. The lowest BCUT2D eigenvalue weighted by Crippen LogP contribution is -2.34. The molecule has 0 atom stereocenters. The van der Waals surface area contributed by atoms with E-state index in [-0.39, 0.29) is 18.9 Å². The van der Waals surface area contributed by atoms with Gasteiger partial charge in [0.25, 0.3) is 0 Å². The minimum atomic E-state index is -3.36. The molecule has 1 N–H and O–H groups in total. The van der Waals surface area contributed by atoms with Crippen LogP contribution in [0.15, 0.2) is 40.9 Å². The third-order valence-electron chi connectivity index (χ3n) is 3.67. The maximum absolute atomic E-state index is 11.9. The van der Waals surface area contributed by atoms with Crippen LogP contribution in [0.25, 0.3) is 0 Å². The molecule has 1 aromatic heterocycles. The number of anilines is 1. The second-order valence-corrected chi connectivity index (χ2v) is 7.85. The number of aryl methyl sites for hydroxylation is 2. The monoisotopic (exact) mass is 365 g/mol. The summed E-state index contributed by atoms with van der Waals surface area (Å²) in [4.78, 5) is 11.9. The Morgan fingerprint density at radius 3 is 2.56 bits per heavy atom. The van der Waals surface area contributed by atoms with E-state index in [1.165, 1.54) is 4.31 Å². The van der Waals surface area contributed by atoms with Crippen LogP contribution in [0.1, 0.15) is 24.2 Å². The molecule has 0 aliphatic carbocycles. The molecule has 0 spiro atoms. The van der Waals surface area contributed by atoms with Crippen molar-refractivity contribution >= 4 is 21.7 Å². The zero-order valence-corrected chi connectivity index (χ0v) is 15.3. The van der Waals surface area contributed by atoms with Crippen LogP contribution in [-0.2, 0) is 21.2 Å². The predicted octanol–water partition coefficient (Wildman–Crippen LogP) is 2.21. The minimum absolute atomic E-state index is 0.0598. The van der Waals surface area contributed by atoms with Crippen molar-refractivity contribution in [1.29, 1.82) is 0 Å². The van der Waals surface area contributed by atoms with Crippen LogP contribution in [0.3, 0.4) is 0 Å². The fraction of sp³-hybridized carbons (Fsp3) is 0.412. The molecule has 2 aromatic rings. The maximum atomic E-state index is 11.9. The summed E-state index contributed by atoms with van der Waals surface area (Å²) in [5.74, 6) is 0.622. The molecule has 0 saturated heterocycles. The number of hydrogen-bond acceptors (Lipinski definition) is 5. The summed E-state index contributed by atoms with van der Waals surface area (Å²) in [6.07, 6.45) is 2.71. The molecule has 7 nitrogen and oxygen atoms in total. The van der Waals surface area contributed by atoms with Gasteiger partial charge in [0.2, 0.25) is 15.9 Å². The molecule has 0 unspecified atom stereocenters. The molecule has 0 saturated carbocycles. The minimum Gasteiger partial charge on any atom is -0.360 e. The van der Waals surface area contributed by atoms with E-state index in [0.717, 1.165) is 18.2 Å². The third-order valence-corrected chi connectivity index (χ3v) is 4.97. The quantitative estimate of drug-likeness (QED) is 0.735. The van der Waals surface area contributed by atoms with Gasteiger partial charge in [-0.05, 0) is 25.3 Å². The summed E-state index contributed by atoms with van der Waals surface area (Å²) in [6, 6.07) is 11.5. The summed E-state index contributed by atoms with van der Waals surface area (Å²) >= 11 is 0. The Bertz CT molecular complexity index is 787. The molecular weight excluding hydrogens is 342 g/mol. The van der Waals surface area contributed by atoms with Crippen molar-refractivity contribution in [3.8, 4) is 0 Å². The highest BCUT2D eigenvalue weighted by Gasteiger charge is 2.18. The number of rotatable bonds is 9. The number of nitrogens with one attached hydrogen (secondary N) is 1. The van der Waals surface area contributed by atoms with Crippen LogP contribution in [-0.4, -0.2) is 43.1 Å². The Morgan fingerprint density at radius 2 is 1.96 bits per heavy atom. The standard InChI is InChI=1S/C17H23N3O4S/c1-14-13-16(19-24-14)18-17(21)10-12-20(25(2,22)23)11-6-9-15-7-4-3-5-8-15/h3-5,7-8,13H,6,9-12H2,1-2H3,(H,18,19,21). The first-order valence-electron chi connectivity index (χ1n) is 8.07. The Labute approximate surface area is 148 Å². The SMILES string of the molecule is Cc1cc(NC(=O)CCN(CCCc2ccccc2)S(C)(=O)=O)no1. The van der Waals surface area contributed by atoms with Gasteiger partial charge < -0.3 is 9.84 Å². The lowest BCUT2D eigenvalue weighted by Gasteiger charge is -2.19. The van der Waals surface area contributed by atoms with Crippen LogP contribution in [0.5, 0.6) is 0 Å². The number of carbonyl (C=O) groups excluding carboxylic acids is 1. The maximum Gasteiger partial charge on any atom is 0.226 e. The van der Waals surface area contributed by atoms with Gasteiger partial charge in [0, 0.05) is 25.6 Å². The van der Waals surface area contributed by atoms with Crippen molar-refractivity contribution < 1.29 is 17.7 Å². The van der Waals surface area contributed by atoms with Crippen LogP contribution in [0, 0.1) is 6.92 Å². The van der Waals surface area contributed by atoms with Crippen LogP contribution in [0.2, 0.25) is 0 Å². The Balaban J connectivity index is 1.82. The summed E-state index contributed by atoms with van der Waals surface area (Å²) in [5, 5.41) is 6.26. The van der Waals surface area contributed by atoms with Gasteiger partial charge in [-0.15, -0.1) is 0 Å². The largest absolute Gasteiger partial charge is 0.360 e. The average Bonchev–Trinajstić information content (AvgIpc) is 2.95. The smallest absolute Gasteiger partial charge is 0.226 e. The van der Waals surface area contributed by atoms with E-state index in [1.807, 2.05) is 30.3 Å². The number of aromatic nitrogens is 1. The van der Waals surface area contributed by atoms with Crippen LogP contribution >= 0.6 is 0 Å². The highest BCUT2D eigenvalue weighted by molar-refractivity contribution is 7.88. The number of benzene rings is 1. The topological polar surface area (TPSA) is 92.5 Å². The Kier molecular flexibility index (Phi) is 6.72. The molecule has 0 aliphatic heterocycles. The number of sulfonamides is 1.